The smallest absolute Gasteiger partial charge is 0.416 e. The van der Waals surface area contributed by atoms with Gasteiger partial charge in [-0.15, -0.1) is 0 Å². The van der Waals surface area contributed by atoms with Gasteiger partial charge < -0.3 is 14.5 Å². The van der Waals surface area contributed by atoms with E-state index in [9.17, 15) is 26.4 Å². The lowest BCUT2D eigenvalue weighted by Gasteiger charge is -2.12. The zero-order valence-corrected chi connectivity index (χ0v) is 19.3. The van der Waals surface area contributed by atoms with Crippen LogP contribution in [0.3, 0.4) is 0 Å². The van der Waals surface area contributed by atoms with Gasteiger partial charge in [0.15, 0.2) is 5.82 Å². The van der Waals surface area contributed by atoms with E-state index >= 15 is 0 Å². The molecule has 2 aromatic carbocycles. The fraction of sp³-hybridized carbons (Fsp3) is 0.167. The molecule has 12 heteroatoms. The molecule has 0 spiro atoms. The molecule has 186 valence electrons. The summed E-state index contributed by atoms with van der Waals surface area (Å²) in [6, 6.07) is 12.8. The highest BCUT2D eigenvalue weighted by Gasteiger charge is 2.32. The first-order chi connectivity index (χ1) is 17.1. The van der Waals surface area contributed by atoms with Crippen LogP contribution < -0.4 is 14.8 Å². The standard InChI is InChI=1S/C24H19F3N4O4S/c25-24(26,27)16-3-1-6-20(11-16)36(33,34)30-17-4-2-5-18(12-17)35-19-9-10-22-28-21(14-31(22)13-19)29-23(32)15-7-8-15/h1-6,9-15,30H,7-8H2,(H,29,32). The van der Waals surface area contributed by atoms with Crippen LogP contribution in [-0.4, -0.2) is 23.7 Å². The topological polar surface area (TPSA) is 102 Å². The number of pyridine rings is 1. The van der Waals surface area contributed by atoms with Gasteiger partial charge in [0.1, 0.15) is 17.1 Å². The monoisotopic (exact) mass is 516 g/mol. The molecule has 1 saturated carbocycles. The van der Waals surface area contributed by atoms with Gasteiger partial charge in [0.25, 0.3) is 10.0 Å². The van der Waals surface area contributed by atoms with Crippen molar-refractivity contribution in [3.8, 4) is 11.5 Å². The van der Waals surface area contributed by atoms with Crippen LogP contribution in [0.1, 0.15) is 18.4 Å². The lowest BCUT2D eigenvalue weighted by Crippen LogP contribution is -2.14. The Kier molecular flexibility index (Phi) is 5.83. The zero-order chi connectivity index (χ0) is 25.5. The number of carbonyl (C=O) groups excluding carboxylic acids is 1. The van der Waals surface area contributed by atoms with Crippen molar-refractivity contribution >= 4 is 33.1 Å². The molecule has 0 aliphatic heterocycles. The number of benzene rings is 2. The van der Waals surface area contributed by atoms with Crippen LogP contribution in [0, 0.1) is 5.92 Å². The molecule has 2 N–H and O–H groups in total. The van der Waals surface area contributed by atoms with E-state index in [4.69, 9.17) is 4.74 Å². The van der Waals surface area contributed by atoms with E-state index in [1.807, 2.05) is 0 Å². The summed E-state index contributed by atoms with van der Waals surface area (Å²) in [5, 5.41) is 2.78. The molecule has 0 radical (unpaired) electrons. The summed E-state index contributed by atoms with van der Waals surface area (Å²) in [6.45, 7) is 0. The first-order valence-electron chi connectivity index (χ1n) is 10.8. The number of fused-ring (bicyclic) bond motifs is 1. The molecule has 1 aliphatic carbocycles. The van der Waals surface area contributed by atoms with Gasteiger partial charge in [0.05, 0.1) is 28.5 Å². The number of rotatable bonds is 7. The van der Waals surface area contributed by atoms with Crippen LogP contribution in [0.4, 0.5) is 24.7 Å². The largest absolute Gasteiger partial charge is 0.456 e. The van der Waals surface area contributed by atoms with E-state index in [0.717, 1.165) is 31.0 Å². The summed E-state index contributed by atoms with van der Waals surface area (Å²) in [4.78, 5) is 15.8. The van der Waals surface area contributed by atoms with Crippen molar-refractivity contribution < 1.29 is 31.1 Å². The normalized spacial score (nSPS) is 14.0. The van der Waals surface area contributed by atoms with Gasteiger partial charge >= 0.3 is 6.18 Å². The van der Waals surface area contributed by atoms with Crippen LogP contribution in [0.5, 0.6) is 11.5 Å². The molecule has 4 aromatic rings. The van der Waals surface area contributed by atoms with Gasteiger partial charge in [-0.25, -0.2) is 13.4 Å². The number of hydrogen-bond donors (Lipinski definition) is 2. The predicted octanol–water partition coefficient (Wildman–Crippen LogP) is 5.29. The SMILES string of the molecule is O=C(Nc1cn2cc(Oc3cccc(NS(=O)(=O)c4cccc(C(F)(F)F)c4)c3)ccc2n1)C1CC1. The predicted molar refractivity (Wildman–Crippen MR) is 125 cm³/mol. The summed E-state index contributed by atoms with van der Waals surface area (Å²) in [7, 11) is -4.28. The van der Waals surface area contributed by atoms with Crippen molar-refractivity contribution in [2.24, 2.45) is 5.92 Å². The molecule has 0 unspecified atom stereocenters. The Labute approximate surface area is 203 Å². The third kappa shape index (κ3) is 5.28. The van der Waals surface area contributed by atoms with Gasteiger partial charge in [-0.3, -0.25) is 9.52 Å². The van der Waals surface area contributed by atoms with Crippen LogP contribution in [0.15, 0.2) is 78.0 Å². The zero-order valence-electron chi connectivity index (χ0n) is 18.5. The van der Waals surface area contributed by atoms with Crippen LogP contribution >= 0.6 is 0 Å². The lowest BCUT2D eigenvalue weighted by atomic mass is 10.2. The van der Waals surface area contributed by atoms with Crippen molar-refractivity contribution in [3.05, 3.63) is 78.6 Å². The Morgan fingerprint density at radius 3 is 2.53 bits per heavy atom. The molecule has 2 aromatic heterocycles. The van der Waals surface area contributed by atoms with Crippen molar-refractivity contribution in [2.45, 2.75) is 23.9 Å². The Balaban J connectivity index is 1.32. The molecule has 8 nitrogen and oxygen atoms in total. The van der Waals surface area contributed by atoms with Gasteiger partial charge in [-0.1, -0.05) is 12.1 Å². The minimum absolute atomic E-state index is 0.0481. The molecular formula is C24H19F3N4O4S. The Hall–Kier alpha value is -4.06. The minimum Gasteiger partial charge on any atom is -0.456 e. The maximum Gasteiger partial charge on any atom is 0.416 e. The summed E-state index contributed by atoms with van der Waals surface area (Å²) >= 11 is 0. The number of aromatic nitrogens is 2. The van der Waals surface area contributed by atoms with Gasteiger partial charge in [-0.05, 0) is 55.3 Å². The number of alkyl halides is 3. The van der Waals surface area contributed by atoms with Gasteiger partial charge in [-0.2, -0.15) is 13.2 Å². The maximum atomic E-state index is 13.0. The molecule has 0 bridgehead atoms. The fourth-order valence-corrected chi connectivity index (χ4v) is 4.57. The molecule has 36 heavy (non-hydrogen) atoms. The van der Waals surface area contributed by atoms with E-state index in [-0.39, 0.29) is 17.5 Å². The number of ether oxygens (including phenoxy) is 1. The minimum atomic E-state index is -4.67. The highest BCUT2D eigenvalue weighted by Crippen LogP contribution is 2.32. The molecule has 0 saturated heterocycles. The van der Waals surface area contributed by atoms with Gasteiger partial charge in [0, 0.05) is 12.0 Å². The van der Waals surface area contributed by atoms with Crippen LogP contribution in [-0.2, 0) is 21.0 Å². The molecule has 1 fully saturated rings. The van der Waals surface area contributed by atoms with E-state index in [2.05, 4.69) is 15.0 Å². The van der Waals surface area contributed by atoms with Crippen molar-refractivity contribution in [1.82, 2.24) is 9.38 Å². The first-order valence-corrected chi connectivity index (χ1v) is 12.3. The average molecular weight is 517 g/mol. The van der Waals surface area contributed by atoms with Crippen molar-refractivity contribution in [3.63, 3.8) is 0 Å². The lowest BCUT2D eigenvalue weighted by molar-refractivity contribution is -0.137. The molecule has 1 amide bonds. The fourth-order valence-electron chi connectivity index (χ4n) is 3.48. The first kappa shape index (κ1) is 23.7. The third-order valence-electron chi connectivity index (χ3n) is 5.42. The Morgan fingerprint density at radius 1 is 1.00 bits per heavy atom. The average Bonchev–Trinajstić information content (AvgIpc) is 3.59. The number of imidazole rings is 1. The summed E-state index contributed by atoms with van der Waals surface area (Å²) < 4.78 is 74.0. The number of nitrogens with zero attached hydrogens (tertiary/aromatic N) is 2. The summed E-state index contributed by atoms with van der Waals surface area (Å²) in [5.74, 6) is 1.13. The number of sulfonamides is 1. The second-order valence-corrected chi connectivity index (χ2v) is 9.96. The number of amides is 1. The highest BCUT2D eigenvalue weighted by atomic mass is 32.2. The number of nitrogens with one attached hydrogen (secondary N) is 2. The Bertz CT molecular complexity index is 1560. The van der Waals surface area contributed by atoms with E-state index < -0.39 is 26.7 Å². The van der Waals surface area contributed by atoms with E-state index in [1.165, 1.54) is 12.1 Å². The van der Waals surface area contributed by atoms with Crippen LogP contribution in [0.25, 0.3) is 5.65 Å². The van der Waals surface area contributed by atoms with Gasteiger partial charge in [0.2, 0.25) is 5.91 Å². The molecule has 5 rings (SSSR count). The molecule has 2 heterocycles. The van der Waals surface area contributed by atoms with Crippen LogP contribution in [0.2, 0.25) is 0 Å². The quantitative estimate of drug-likeness (QED) is 0.347. The Morgan fingerprint density at radius 2 is 1.78 bits per heavy atom. The summed E-state index contributed by atoms with van der Waals surface area (Å²) in [5.41, 5.74) is -0.359. The third-order valence-corrected chi connectivity index (χ3v) is 6.80. The number of halogens is 3. The number of hydrogen-bond acceptors (Lipinski definition) is 5. The highest BCUT2D eigenvalue weighted by molar-refractivity contribution is 7.92. The second-order valence-electron chi connectivity index (χ2n) is 8.28. The molecule has 1 aliphatic rings. The number of anilines is 2. The molecular weight excluding hydrogens is 497 g/mol. The maximum absolute atomic E-state index is 13.0. The second kappa shape index (κ2) is 8.86. The van der Waals surface area contributed by atoms with Crippen molar-refractivity contribution in [2.75, 3.05) is 10.0 Å². The van der Waals surface area contributed by atoms with E-state index in [0.29, 0.717) is 29.0 Å². The van der Waals surface area contributed by atoms with Crippen molar-refractivity contribution in [1.29, 1.82) is 0 Å². The molecule has 0 atom stereocenters. The van der Waals surface area contributed by atoms with E-state index in [1.54, 1.807) is 41.1 Å². The summed E-state index contributed by atoms with van der Waals surface area (Å²) in [6.07, 6.45) is 0.397. The number of carbonyl (C=O) groups is 1.